The molecule has 0 atom stereocenters. The second kappa shape index (κ2) is 5.65. The van der Waals surface area contributed by atoms with Crippen LogP contribution in [0.4, 0.5) is 5.69 Å². The van der Waals surface area contributed by atoms with E-state index in [4.69, 9.17) is 10.3 Å². The summed E-state index contributed by atoms with van der Waals surface area (Å²) in [4.78, 5) is 4.49. The molecule has 102 valence electrons. The summed E-state index contributed by atoms with van der Waals surface area (Å²) in [5.74, 6) is 3.23. The van der Waals surface area contributed by atoms with Gasteiger partial charge in [-0.25, -0.2) is 0 Å². The average molecular weight is 277 g/mol. The number of rotatable bonds is 5. The fourth-order valence-electron chi connectivity index (χ4n) is 1.78. The molecule has 0 radical (unpaired) electrons. The molecule has 0 aliphatic rings. The molecule has 0 saturated carbocycles. The van der Waals surface area contributed by atoms with Gasteiger partial charge in [-0.05, 0) is 37.3 Å². The summed E-state index contributed by atoms with van der Waals surface area (Å²) in [5, 5.41) is 4.03. The first-order chi connectivity index (χ1) is 9.04. The standard InChI is InChI=1S/C14H19N3OS/c1-4-19-9-12-16-13(18-17-12)14(2,3)10-5-7-11(15)8-6-10/h5-8H,4,9,15H2,1-3H3. The lowest BCUT2D eigenvalue weighted by molar-refractivity contribution is 0.330. The molecule has 1 aromatic carbocycles. The monoisotopic (exact) mass is 277 g/mol. The van der Waals surface area contributed by atoms with E-state index in [9.17, 15) is 0 Å². The predicted molar refractivity (Wildman–Crippen MR) is 79.1 cm³/mol. The second-order valence-electron chi connectivity index (χ2n) is 4.90. The lowest BCUT2D eigenvalue weighted by Gasteiger charge is -2.20. The zero-order valence-corrected chi connectivity index (χ0v) is 12.3. The number of nitrogens with two attached hydrogens (primary N) is 1. The van der Waals surface area contributed by atoms with Crippen molar-refractivity contribution in [3.63, 3.8) is 0 Å². The quantitative estimate of drug-likeness (QED) is 0.850. The number of nitrogen functional groups attached to an aromatic ring is 1. The molecule has 0 saturated heterocycles. The normalized spacial score (nSPS) is 11.7. The molecule has 1 heterocycles. The molecule has 0 amide bonds. The summed E-state index contributed by atoms with van der Waals surface area (Å²) in [6.45, 7) is 6.26. The van der Waals surface area contributed by atoms with Crippen LogP contribution in [0.5, 0.6) is 0 Å². The molecule has 0 fully saturated rings. The van der Waals surface area contributed by atoms with Gasteiger partial charge in [0.1, 0.15) is 0 Å². The Morgan fingerprint density at radius 3 is 2.58 bits per heavy atom. The van der Waals surface area contributed by atoms with Crippen molar-refractivity contribution in [2.75, 3.05) is 11.5 Å². The van der Waals surface area contributed by atoms with Crippen molar-refractivity contribution in [3.05, 3.63) is 41.5 Å². The van der Waals surface area contributed by atoms with Crippen LogP contribution in [0.15, 0.2) is 28.8 Å². The van der Waals surface area contributed by atoms with E-state index in [1.165, 1.54) is 0 Å². The van der Waals surface area contributed by atoms with Crippen molar-refractivity contribution in [2.24, 2.45) is 0 Å². The Bertz CT molecular complexity index is 534. The fourth-order valence-corrected chi connectivity index (χ4v) is 2.29. The molecule has 2 aromatic rings. The maximum absolute atomic E-state index is 5.71. The second-order valence-corrected chi connectivity index (χ2v) is 6.17. The van der Waals surface area contributed by atoms with Gasteiger partial charge >= 0.3 is 0 Å². The van der Waals surface area contributed by atoms with Gasteiger partial charge in [0, 0.05) is 5.69 Å². The van der Waals surface area contributed by atoms with E-state index in [1.54, 1.807) is 11.8 Å². The van der Waals surface area contributed by atoms with Crippen LogP contribution in [0.3, 0.4) is 0 Å². The molecule has 2 rings (SSSR count). The first kappa shape index (κ1) is 13.9. The number of nitrogens with zero attached hydrogens (tertiary/aromatic N) is 2. The number of hydrogen-bond donors (Lipinski definition) is 1. The SMILES string of the molecule is CCSCc1noc(C(C)(C)c2ccc(N)cc2)n1. The summed E-state index contributed by atoms with van der Waals surface area (Å²) in [5.41, 5.74) is 7.27. The van der Waals surface area contributed by atoms with Crippen LogP contribution < -0.4 is 5.73 Å². The van der Waals surface area contributed by atoms with E-state index < -0.39 is 0 Å². The molecule has 2 N–H and O–H groups in total. The molecule has 19 heavy (non-hydrogen) atoms. The maximum atomic E-state index is 5.71. The number of hydrogen-bond acceptors (Lipinski definition) is 5. The van der Waals surface area contributed by atoms with Crippen molar-refractivity contribution in [2.45, 2.75) is 31.9 Å². The minimum Gasteiger partial charge on any atom is -0.399 e. The lowest BCUT2D eigenvalue weighted by Crippen LogP contribution is -2.19. The van der Waals surface area contributed by atoms with Gasteiger partial charge < -0.3 is 10.3 Å². The van der Waals surface area contributed by atoms with Gasteiger partial charge in [-0.2, -0.15) is 16.7 Å². The molecular weight excluding hydrogens is 258 g/mol. The molecule has 0 spiro atoms. The van der Waals surface area contributed by atoms with E-state index in [1.807, 2.05) is 24.3 Å². The Labute approximate surface area is 117 Å². The molecule has 0 aliphatic heterocycles. The van der Waals surface area contributed by atoms with Crippen LogP contribution in [0.2, 0.25) is 0 Å². The molecule has 0 bridgehead atoms. The predicted octanol–water partition coefficient (Wildman–Crippen LogP) is 3.23. The van der Waals surface area contributed by atoms with Crippen LogP contribution >= 0.6 is 11.8 Å². The molecular formula is C14H19N3OS. The Kier molecular flexibility index (Phi) is 4.14. The molecule has 0 unspecified atom stereocenters. The van der Waals surface area contributed by atoms with E-state index in [0.717, 1.165) is 28.6 Å². The van der Waals surface area contributed by atoms with Crippen molar-refractivity contribution in [1.82, 2.24) is 10.1 Å². The number of anilines is 1. The average Bonchev–Trinajstić information content (AvgIpc) is 2.86. The third kappa shape index (κ3) is 3.10. The third-order valence-electron chi connectivity index (χ3n) is 3.07. The Morgan fingerprint density at radius 1 is 1.26 bits per heavy atom. The van der Waals surface area contributed by atoms with Crippen molar-refractivity contribution in [3.8, 4) is 0 Å². The van der Waals surface area contributed by atoms with Crippen LogP contribution in [0, 0.1) is 0 Å². The maximum Gasteiger partial charge on any atom is 0.236 e. The first-order valence-electron chi connectivity index (χ1n) is 6.31. The van der Waals surface area contributed by atoms with Gasteiger partial charge in [-0.1, -0.05) is 24.2 Å². The van der Waals surface area contributed by atoms with Crippen LogP contribution in [0.1, 0.15) is 38.0 Å². The molecule has 0 aliphatic carbocycles. The van der Waals surface area contributed by atoms with Gasteiger partial charge in [0.15, 0.2) is 5.82 Å². The summed E-state index contributed by atoms with van der Waals surface area (Å²) in [7, 11) is 0. The topological polar surface area (TPSA) is 64.9 Å². The summed E-state index contributed by atoms with van der Waals surface area (Å²) in [6.07, 6.45) is 0. The van der Waals surface area contributed by atoms with Crippen LogP contribution in [-0.4, -0.2) is 15.9 Å². The highest BCUT2D eigenvalue weighted by atomic mass is 32.2. The summed E-state index contributed by atoms with van der Waals surface area (Å²) in [6, 6.07) is 7.78. The summed E-state index contributed by atoms with van der Waals surface area (Å²) < 4.78 is 5.41. The van der Waals surface area contributed by atoms with Crippen molar-refractivity contribution < 1.29 is 4.52 Å². The van der Waals surface area contributed by atoms with E-state index >= 15 is 0 Å². The number of aromatic nitrogens is 2. The van der Waals surface area contributed by atoms with Gasteiger partial charge in [-0.15, -0.1) is 0 Å². The minimum atomic E-state index is -0.310. The minimum absolute atomic E-state index is 0.310. The highest BCUT2D eigenvalue weighted by Gasteiger charge is 2.29. The van der Waals surface area contributed by atoms with Gasteiger partial charge in [0.05, 0.1) is 11.2 Å². The van der Waals surface area contributed by atoms with E-state index in [0.29, 0.717) is 5.89 Å². The van der Waals surface area contributed by atoms with Gasteiger partial charge in [-0.3, -0.25) is 0 Å². The van der Waals surface area contributed by atoms with Crippen molar-refractivity contribution >= 4 is 17.4 Å². The fraction of sp³-hybridized carbons (Fsp3) is 0.429. The largest absolute Gasteiger partial charge is 0.399 e. The van der Waals surface area contributed by atoms with Crippen LogP contribution in [-0.2, 0) is 11.2 Å². The van der Waals surface area contributed by atoms with Crippen LogP contribution in [0.25, 0.3) is 0 Å². The molecule has 1 aromatic heterocycles. The zero-order chi connectivity index (χ0) is 13.9. The Balaban J connectivity index is 2.23. The molecule has 5 heteroatoms. The first-order valence-corrected chi connectivity index (χ1v) is 7.46. The lowest BCUT2D eigenvalue weighted by atomic mass is 9.84. The van der Waals surface area contributed by atoms with Gasteiger partial charge in [0.25, 0.3) is 0 Å². The third-order valence-corrected chi connectivity index (χ3v) is 3.94. The van der Waals surface area contributed by atoms with Crippen molar-refractivity contribution in [1.29, 1.82) is 0 Å². The summed E-state index contributed by atoms with van der Waals surface area (Å²) >= 11 is 1.78. The van der Waals surface area contributed by atoms with Gasteiger partial charge in [0.2, 0.25) is 5.89 Å². The Hall–Kier alpha value is -1.49. The highest BCUT2D eigenvalue weighted by molar-refractivity contribution is 7.98. The smallest absolute Gasteiger partial charge is 0.236 e. The molecule has 4 nitrogen and oxygen atoms in total. The highest BCUT2D eigenvalue weighted by Crippen LogP contribution is 2.30. The Morgan fingerprint density at radius 2 is 1.95 bits per heavy atom. The number of benzene rings is 1. The number of thioether (sulfide) groups is 1. The van der Waals surface area contributed by atoms with E-state index in [2.05, 4.69) is 30.9 Å². The zero-order valence-electron chi connectivity index (χ0n) is 11.5. The van der Waals surface area contributed by atoms with E-state index in [-0.39, 0.29) is 5.41 Å².